The molecule has 0 aliphatic rings. The van der Waals surface area contributed by atoms with Crippen LogP contribution in [0.4, 0.5) is 0 Å². The van der Waals surface area contributed by atoms with Crippen molar-refractivity contribution in [3.63, 3.8) is 0 Å². The smallest absolute Gasteiger partial charge is 0.198 e. The summed E-state index contributed by atoms with van der Waals surface area (Å²) in [5.74, 6) is 0.721. The summed E-state index contributed by atoms with van der Waals surface area (Å²) in [6.07, 6.45) is 2.35. The number of unbranched alkanes of at least 4 members (excludes halogenated alkanes) is 1. The Morgan fingerprint density at radius 2 is 1.89 bits per heavy atom. The number of hydrogen-bond donors (Lipinski definition) is 2. The van der Waals surface area contributed by atoms with Gasteiger partial charge in [0.2, 0.25) is 0 Å². The Hall–Kier alpha value is -2.59. The molecular weight excluding hydrogens is 336 g/mol. The van der Waals surface area contributed by atoms with E-state index in [0.29, 0.717) is 12.0 Å². The Kier molecular flexibility index (Phi) is 6.30. The van der Waals surface area contributed by atoms with E-state index in [2.05, 4.69) is 19.0 Å². The number of aromatic nitrogens is 1. The summed E-state index contributed by atoms with van der Waals surface area (Å²) in [4.78, 5) is 17.9. The molecule has 4 nitrogen and oxygen atoms in total. The number of fused-ring (bicyclic) bond motifs is 1. The van der Waals surface area contributed by atoms with Crippen LogP contribution in [0.2, 0.25) is 0 Å². The summed E-state index contributed by atoms with van der Waals surface area (Å²) >= 11 is 0. The molecule has 0 fully saturated rings. The second-order valence-corrected chi connectivity index (χ2v) is 7.28. The lowest BCUT2D eigenvalue weighted by molar-refractivity contribution is -0.894. The fourth-order valence-corrected chi connectivity index (χ4v) is 3.34. The van der Waals surface area contributed by atoms with Crippen LogP contribution in [-0.2, 0) is 13.2 Å². The van der Waals surface area contributed by atoms with Crippen LogP contribution in [0.3, 0.4) is 0 Å². The number of aryl methyl sites for hydroxylation is 1. The molecule has 0 saturated heterocycles. The van der Waals surface area contributed by atoms with Crippen molar-refractivity contribution in [2.45, 2.75) is 39.8 Å². The van der Waals surface area contributed by atoms with Gasteiger partial charge in [-0.2, -0.15) is 0 Å². The number of ether oxygens (including phenoxy) is 1. The van der Waals surface area contributed by atoms with Gasteiger partial charge in [-0.15, -0.1) is 0 Å². The Balaban J connectivity index is 1.85. The minimum Gasteiger partial charge on any atom is -0.489 e. The minimum atomic E-state index is 0.113. The summed E-state index contributed by atoms with van der Waals surface area (Å²) in [7, 11) is 2.15. The van der Waals surface area contributed by atoms with Crippen LogP contribution in [0.15, 0.2) is 53.3 Å². The molecule has 27 heavy (non-hydrogen) atoms. The van der Waals surface area contributed by atoms with Crippen LogP contribution in [0.1, 0.15) is 36.6 Å². The largest absolute Gasteiger partial charge is 0.489 e. The van der Waals surface area contributed by atoms with Crippen LogP contribution >= 0.6 is 0 Å². The van der Waals surface area contributed by atoms with Crippen LogP contribution in [-0.4, -0.2) is 18.6 Å². The number of benzene rings is 2. The predicted octanol–water partition coefficient (Wildman–Crippen LogP) is 3.23. The van der Waals surface area contributed by atoms with E-state index >= 15 is 0 Å². The average molecular weight is 365 g/mol. The van der Waals surface area contributed by atoms with Gasteiger partial charge in [0.1, 0.15) is 18.9 Å². The van der Waals surface area contributed by atoms with Gasteiger partial charge in [0.05, 0.1) is 19.2 Å². The zero-order chi connectivity index (χ0) is 19.2. The number of pyridine rings is 1. The van der Waals surface area contributed by atoms with E-state index in [1.54, 1.807) is 0 Å². The summed E-state index contributed by atoms with van der Waals surface area (Å²) in [5.41, 5.74) is 3.91. The lowest BCUT2D eigenvalue weighted by atomic mass is 10.1. The van der Waals surface area contributed by atoms with E-state index < -0.39 is 0 Å². The van der Waals surface area contributed by atoms with E-state index in [4.69, 9.17) is 4.74 Å². The lowest BCUT2D eigenvalue weighted by Crippen LogP contribution is -3.07. The van der Waals surface area contributed by atoms with E-state index in [-0.39, 0.29) is 5.43 Å². The summed E-state index contributed by atoms with van der Waals surface area (Å²) in [6.45, 7) is 6.49. The van der Waals surface area contributed by atoms with Gasteiger partial charge in [-0.1, -0.05) is 43.7 Å². The first-order chi connectivity index (χ1) is 13.1. The maximum absolute atomic E-state index is 13.1. The van der Waals surface area contributed by atoms with Gasteiger partial charge >= 0.3 is 0 Å². The Morgan fingerprint density at radius 3 is 2.63 bits per heavy atom. The van der Waals surface area contributed by atoms with Crippen molar-refractivity contribution in [1.29, 1.82) is 0 Å². The van der Waals surface area contributed by atoms with Gasteiger partial charge in [0.15, 0.2) is 5.43 Å². The molecule has 1 unspecified atom stereocenters. The Morgan fingerprint density at radius 1 is 1.11 bits per heavy atom. The Bertz CT molecular complexity index is 948. The van der Waals surface area contributed by atoms with Crippen molar-refractivity contribution in [3.05, 3.63) is 75.6 Å². The van der Waals surface area contributed by atoms with E-state index in [1.807, 2.05) is 55.5 Å². The van der Waals surface area contributed by atoms with Gasteiger partial charge < -0.3 is 14.6 Å². The number of hydrogen-bond acceptors (Lipinski definition) is 2. The molecule has 0 saturated carbocycles. The maximum atomic E-state index is 13.1. The van der Waals surface area contributed by atoms with Crippen LogP contribution in [0.25, 0.3) is 10.9 Å². The average Bonchev–Trinajstić information content (AvgIpc) is 2.69. The van der Waals surface area contributed by atoms with E-state index in [0.717, 1.165) is 41.2 Å². The molecule has 3 aromatic rings. The molecular formula is C23H29N2O2+. The van der Waals surface area contributed by atoms with Crippen molar-refractivity contribution >= 4 is 10.9 Å². The van der Waals surface area contributed by atoms with E-state index in [1.165, 1.54) is 17.7 Å². The van der Waals surface area contributed by atoms with Crippen molar-refractivity contribution in [2.24, 2.45) is 0 Å². The molecule has 1 heterocycles. The van der Waals surface area contributed by atoms with Crippen LogP contribution in [0.5, 0.6) is 5.75 Å². The highest BCUT2D eigenvalue weighted by molar-refractivity contribution is 5.81. The number of nitrogens with one attached hydrogen (secondary N) is 2. The number of aromatic amines is 1. The van der Waals surface area contributed by atoms with Crippen molar-refractivity contribution in [3.8, 4) is 5.75 Å². The third-order valence-corrected chi connectivity index (χ3v) is 4.97. The highest BCUT2D eigenvalue weighted by atomic mass is 16.5. The standard InChI is InChI=1S/C23H28N2O2/c1-4-5-13-25(3)15-21-17(2)24-22-12-11-19(14-20(22)23(21)26)27-16-18-9-7-6-8-10-18/h6-12,14H,4-5,13,15-16H2,1-3H3,(H,24,26)/p+1. The minimum absolute atomic E-state index is 0.113. The van der Waals surface area contributed by atoms with Gasteiger partial charge in [-0.25, -0.2) is 0 Å². The molecule has 0 aliphatic carbocycles. The maximum Gasteiger partial charge on any atom is 0.198 e. The fourth-order valence-electron chi connectivity index (χ4n) is 3.34. The first kappa shape index (κ1) is 19.2. The summed E-state index contributed by atoms with van der Waals surface area (Å²) < 4.78 is 5.90. The molecule has 0 aliphatic heterocycles. The topological polar surface area (TPSA) is 46.5 Å². The first-order valence-corrected chi connectivity index (χ1v) is 9.72. The molecule has 2 aromatic carbocycles. The van der Waals surface area contributed by atoms with Crippen LogP contribution < -0.4 is 15.1 Å². The molecule has 0 radical (unpaired) electrons. The predicted molar refractivity (Wildman–Crippen MR) is 110 cm³/mol. The zero-order valence-electron chi connectivity index (χ0n) is 16.5. The van der Waals surface area contributed by atoms with Gasteiger partial charge in [-0.05, 0) is 37.1 Å². The molecule has 142 valence electrons. The highest BCUT2D eigenvalue weighted by Crippen LogP contribution is 2.19. The normalized spacial score (nSPS) is 12.3. The molecule has 0 bridgehead atoms. The molecule has 1 aromatic heterocycles. The third-order valence-electron chi connectivity index (χ3n) is 4.97. The molecule has 1 atom stereocenters. The van der Waals surface area contributed by atoms with Gasteiger partial charge in [0.25, 0.3) is 0 Å². The first-order valence-electron chi connectivity index (χ1n) is 9.72. The molecule has 0 amide bonds. The number of H-pyrrole nitrogens is 1. The second-order valence-electron chi connectivity index (χ2n) is 7.28. The van der Waals surface area contributed by atoms with Gasteiger partial charge in [-0.3, -0.25) is 4.79 Å². The summed E-state index contributed by atoms with van der Waals surface area (Å²) in [6, 6.07) is 15.8. The lowest BCUT2D eigenvalue weighted by Gasteiger charge is -2.15. The molecule has 0 spiro atoms. The van der Waals surface area contributed by atoms with Crippen molar-refractivity contribution < 1.29 is 9.64 Å². The van der Waals surface area contributed by atoms with E-state index in [9.17, 15) is 4.79 Å². The highest BCUT2D eigenvalue weighted by Gasteiger charge is 2.14. The zero-order valence-corrected chi connectivity index (χ0v) is 16.5. The van der Waals surface area contributed by atoms with Crippen LogP contribution in [0, 0.1) is 6.92 Å². The Labute approximate surface area is 160 Å². The second kappa shape index (κ2) is 8.87. The molecule has 3 rings (SSSR count). The molecule has 4 heteroatoms. The summed E-state index contributed by atoms with van der Waals surface area (Å²) in [5, 5.41) is 0.699. The quantitative estimate of drug-likeness (QED) is 0.644. The monoisotopic (exact) mass is 365 g/mol. The van der Waals surface area contributed by atoms with Crippen molar-refractivity contribution in [1.82, 2.24) is 4.98 Å². The SMILES string of the molecule is CCCC[NH+](C)Cc1c(C)[nH]c2ccc(OCc3ccccc3)cc2c1=O. The fraction of sp³-hybridized carbons (Fsp3) is 0.348. The number of quaternary nitrogens is 1. The van der Waals surface area contributed by atoms with Gasteiger partial charge in [0, 0.05) is 16.6 Å². The molecule has 2 N–H and O–H groups in total. The number of rotatable bonds is 8. The third kappa shape index (κ3) is 4.77. The van der Waals surface area contributed by atoms with Crippen molar-refractivity contribution in [2.75, 3.05) is 13.6 Å².